The van der Waals surface area contributed by atoms with E-state index in [9.17, 15) is 14.9 Å². The molecule has 0 atom stereocenters. The third-order valence-corrected chi connectivity index (χ3v) is 3.28. The first-order valence-electron chi connectivity index (χ1n) is 6.34. The molecule has 0 aliphatic heterocycles. The largest absolute Gasteiger partial charge is 0.352 e. The Hall–Kier alpha value is -2.40. The first kappa shape index (κ1) is 15.0. The van der Waals surface area contributed by atoms with Crippen molar-refractivity contribution in [3.8, 4) is 0 Å². The summed E-state index contributed by atoms with van der Waals surface area (Å²) in [7, 11) is 0. The molecule has 0 aliphatic rings. The molecule has 2 aromatic carbocycles. The number of amides is 1. The minimum absolute atomic E-state index is 0.110. The molecule has 1 amide bonds. The quantitative estimate of drug-likeness (QED) is 0.681. The highest BCUT2D eigenvalue weighted by atomic mass is 35.5. The Kier molecular flexibility index (Phi) is 4.90. The first-order chi connectivity index (χ1) is 10.1. The molecular formula is C15H13ClN2O3. The monoisotopic (exact) mass is 304 g/mol. The number of carbonyl (C=O) groups excluding carboxylic acids is 1. The number of nitro groups is 1. The van der Waals surface area contributed by atoms with E-state index >= 15 is 0 Å². The maximum Gasteiger partial charge on any atom is 0.270 e. The highest BCUT2D eigenvalue weighted by Crippen LogP contribution is 2.21. The van der Waals surface area contributed by atoms with Gasteiger partial charge in [0.25, 0.3) is 11.6 Å². The number of rotatable bonds is 5. The fourth-order valence-electron chi connectivity index (χ4n) is 1.86. The Morgan fingerprint density at radius 3 is 2.57 bits per heavy atom. The fraction of sp³-hybridized carbons (Fsp3) is 0.133. The number of nitrogens with one attached hydrogen (secondary N) is 1. The summed E-state index contributed by atoms with van der Waals surface area (Å²) in [4.78, 5) is 22.2. The highest BCUT2D eigenvalue weighted by Gasteiger charge is 2.15. The molecule has 0 fully saturated rings. The van der Waals surface area contributed by atoms with Crippen LogP contribution in [0.5, 0.6) is 0 Å². The number of benzene rings is 2. The number of non-ortho nitro benzene ring substituents is 1. The van der Waals surface area contributed by atoms with E-state index in [1.165, 1.54) is 18.2 Å². The summed E-state index contributed by atoms with van der Waals surface area (Å²) in [6.45, 7) is 0.432. The molecular weight excluding hydrogens is 292 g/mol. The van der Waals surface area contributed by atoms with Crippen molar-refractivity contribution in [3.63, 3.8) is 0 Å². The van der Waals surface area contributed by atoms with Gasteiger partial charge in [0.2, 0.25) is 0 Å². The summed E-state index contributed by atoms with van der Waals surface area (Å²) in [6.07, 6.45) is 0.680. The second kappa shape index (κ2) is 6.85. The summed E-state index contributed by atoms with van der Waals surface area (Å²) in [5.74, 6) is -0.417. The van der Waals surface area contributed by atoms with Crippen molar-refractivity contribution in [2.75, 3.05) is 6.54 Å². The van der Waals surface area contributed by atoms with Gasteiger partial charge in [-0.1, -0.05) is 41.9 Å². The second-order valence-electron chi connectivity index (χ2n) is 4.41. The standard InChI is InChI=1S/C15H13ClN2O3/c16-14-7-6-12(18(20)21)10-13(14)15(19)17-9-8-11-4-2-1-3-5-11/h1-7,10H,8-9H2,(H,17,19). The average Bonchev–Trinajstić information content (AvgIpc) is 2.48. The zero-order chi connectivity index (χ0) is 15.2. The molecule has 0 saturated carbocycles. The Labute approximate surface area is 126 Å². The summed E-state index contributed by atoms with van der Waals surface area (Å²) in [6, 6.07) is 13.5. The second-order valence-corrected chi connectivity index (χ2v) is 4.82. The number of hydrogen-bond donors (Lipinski definition) is 1. The zero-order valence-corrected chi connectivity index (χ0v) is 11.8. The van der Waals surface area contributed by atoms with Crippen LogP contribution < -0.4 is 5.32 Å². The molecule has 0 aromatic heterocycles. The van der Waals surface area contributed by atoms with Gasteiger partial charge in [-0.25, -0.2) is 0 Å². The Bertz CT molecular complexity index is 659. The van der Waals surface area contributed by atoms with E-state index in [1.807, 2.05) is 30.3 Å². The van der Waals surface area contributed by atoms with Gasteiger partial charge in [-0.3, -0.25) is 14.9 Å². The average molecular weight is 305 g/mol. The van der Waals surface area contributed by atoms with Gasteiger partial charge >= 0.3 is 0 Å². The van der Waals surface area contributed by atoms with Gasteiger partial charge in [-0.2, -0.15) is 0 Å². The van der Waals surface area contributed by atoms with E-state index in [1.54, 1.807) is 0 Å². The molecule has 1 N–H and O–H groups in total. The molecule has 2 rings (SSSR count). The SMILES string of the molecule is O=C(NCCc1ccccc1)c1cc([N+](=O)[O-])ccc1Cl. The van der Waals surface area contributed by atoms with E-state index in [0.29, 0.717) is 13.0 Å². The van der Waals surface area contributed by atoms with Gasteiger partial charge in [0.05, 0.1) is 15.5 Å². The van der Waals surface area contributed by atoms with Crippen LogP contribution in [0.3, 0.4) is 0 Å². The van der Waals surface area contributed by atoms with Crippen LogP contribution in [0, 0.1) is 10.1 Å². The van der Waals surface area contributed by atoms with Crippen LogP contribution in [0.1, 0.15) is 15.9 Å². The maximum absolute atomic E-state index is 12.0. The van der Waals surface area contributed by atoms with Crippen LogP contribution >= 0.6 is 11.6 Å². The van der Waals surface area contributed by atoms with Gasteiger partial charge in [0, 0.05) is 18.7 Å². The van der Waals surface area contributed by atoms with Crippen LogP contribution in [0.2, 0.25) is 5.02 Å². The van der Waals surface area contributed by atoms with Gasteiger partial charge < -0.3 is 5.32 Å². The predicted molar refractivity (Wildman–Crippen MR) is 80.6 cm³/mol. The van der Waals surface area contributed by atoms with E-state index < -0.39 is 10.8 Å². The molecule has 0 saturated heterocycles. The third-order valence-electron chi connectivity index (χ3n) is 2.95. The van der Waals surface area contributed by atoms with Crippen molar-refractivity contribution in [2.45, 2.75) is 6.42 Å². The number of carbonyl (C=O) groups is 1. The van der Waals surface area contributed by atoms with Crippen LogP contribution in [-0.4, -0.2) is 17.4 Å². The lowest BCUT2D eigenvalue weighted by Crippen LogP contribution is -2.26. The number of hydrogen-bond acceptors (Lipinski definition) is 3. The van der Waals surface area contributed by atoms with E-state index in [4.69, 9.17) is 11.6 Å². The zero-order valence-electron chi connectivity index (χ0n) is 11.1. The maximum atomic E-state index is 12.0. The molecule has 0 bridgehead atoms. The van der Waals surface area contributed by atoms with Crippen LogP contribution in [-0.2, 0) is 6.42 Å². The minimum Gasteiger partial charge on any atom is -0.352 e. The van der Waals surface area contributed by atoms with E-state index in [-0.39, 0.29) is 16.3 Å². The Morgan fingerprint density at radius 1 is 1.19 bits per heavy atom. The molecule has 6 heteroatoms. The van der Waals surface area contributed by atoms with Gasteiger partial charge in [-0.15, -0.1) is 0 Å². The van der Waals surface area contributed by atoms with Crippen molar-refractivity contribution >= 4 is 23.2 Å². The Morgan fingerprint density at radius 2 is 1.90 bits per heavy atom. The van der Waals surface area contributed by atoms with Crippen molar-refractivity contribution < 1.29 is 9.72 Å². The molecule has 0 spiro atoms. The number of nitrogens with zero attached hydrogens (tertiary/aromatic N) is 1. The predicted octanol–water partition coefficient (Wildman–Crippen LogP) is 3.22. The molecule has 0 radical (unpaired) electrons. The van der Waals surface area contributed by atoms with Gasteiger partial charge in [0.15, 0.2) is 0 Å². The van der Waals surface area contributed by atoms with Crippen LogP contribution in [0.4, 0.5) is 5.69 Å². The van der Waals surface area contributed by atoms with Crippen molar-refractivity contribution in [1.29, 1.82) is 0 Å². The van der Waals surface area contributed by atoms with E-state index in [0.717, 1.165) is 5.56 Å². The number of nitro benzene ring substituents is 1. The number of halogens is 1. The molecule has 0 aliphatic carbocycles. The molecule has 0 unspecified atom stereocenters. The lowest BCUT2D eigenvalue weighted by atomic mass is 10.1. The molecule has 108 valence electrons. The fourth-order valence-corrected chi connectivity index (χ4v) is 2.06. The highest BCUT2D eigenvalue weighted by molar-refractivity contribution is 6.33. The third kappa shape index (κ3) is 4.03. The summed E-state index contributed by atoms with van der Waals surface area (Å²) in [5, 5.41) is 13.6. The summed E-state index contributed by atoms with van der Waals surface area (Å²) >= 11 is 5.91. The lowest BCUT2D eigenvalue weighted by Gasteiger charge is -2.07. The first-order valence-corrected chi connectivity index (χ1v) is 6.72. The van der Waals surface area contributed by atoms with E-state index in [2.05, 4.69) is 5.32 Å². The van der Waals surface area contributed by atoms with Crippen LogP contribution in [0.15, 0.2) is 48.5 Å². The minimum atomic E-state index is -0.558. The van der Waals surface area contributed by atoms with Crippen molar-refractivity contribution in [1.82, 2.24) is 5.32 Å². The smallest absolute Gasteiger partial charge is 0.270 e. The summed E-state index contributed by atoms with van der Waals surface area (Å²) in [5.41, 5.74) is 1.05. The topological polar surface area (TPSA) is 72.2 Å². The molecule has 5 nitrogen and oxygen atoms in total. The summed E-state index contributed by atoms with van der Waals surface area (Å²) < 4.78 is 0. The van der Waals surface area contributed by atoms with Gasteiger partial charge in [0.1, 0.15) is 0 Å². The van der Waals surface area contributed by atoms with Crippen LogP contribution in [0.25, 0.3) is 0 Å². The molecule has 2 aromatic rings. The normalized spacial score (nSPS) is 10.1. The molecule has 21 heavy (non-hydrogen) atoms. The van der Waals surface area contributed by atoms with Crippen molar-refractivity contribution in [2.24, 2.45) is 0 Å². The lowest BCUT2D eigenvalue weighted by molar-refractivity contribution is -0.384. The Balaban J connectivity index is 2.00. The molecule has 0 heterocycles. The van der Waals surface area contributed by atoms with Gasteiger partial charge in [-0.05, 0) is 18.1 Å². The van der Waals surface area contributed by atoms with Crippen molar-refractivity contribution in [3.05, 3.63) is 74.8 Å².